The largest absolute Gasteiger partial charge is 0.369 e. The molecule has 0 bridgehead atoms. The highest BCUT2D eigenvalue weighted by Gasteiger charge is 2.31. The van der Waals surface area contributed by atoms with E-state index < -0.39 is 23.3 Å². The van der Waals surface area contributed by atoms with Gasteiger partial charge in [0.25, 0.3) is 11.5 Å². The van der Waals surface area contributed by atoms with Crippen LogP contribution in [0.2, 0.25) is 0 Å². The quantitative estimate of drug-likeness (QED) is 0.793. The molecule has 0 aliphatic carbocycles. The fraction of sp³-hybridized carbons (Fsp3) is 0.529. The lowest BCUT2D eigenvalue weighted by molar-refractivity contribution is -0.130. The van der Waals surface area contributed by atoms with Crippen LogP contribution in [0.15, 0.2) is 16.9 Å². The molecule has 1 atom stereocenters. The van der Waals surface area contributed by atoms with Gasteiger partial charge in [-0.2, -0.15) is 0 Å². The van der Waals surface area contributed by atoms with Crippen molar-refractivity contribution < 1.29 is 14.4 Å². The molecule has 3 N–H and O–H groups in total. The summed E-state index contributed by atoms with van der Waals surface area (Å²) in [6.45, 7) is 6.09. The minimum absolute atomic E-state index is 0.0175. The first kappa shape index (κ1) is 18.7. The highest BCUT2D eigenvalue weighted by molar-refractivity contribution is 5.94. The molecule has 0 saturated carbocycles. The van der Waals surface area contributed by atoms with Crippen molar-refractivity contribution >= 4 is 17.7 Å². The highest BCUT2D eigenvalue weighted by atomic mass is 16.2. The van der Waals surface area contributed by atoms with Gasteiger partial charge in [0.15, 0.2) is 0 Å². The molecule has 0 unspecified atom stereocenters. The maximum atomic E-state index is 12.7. The smallest absolute Gasteiger partial charge is 0.261 e. The van der Waals surface area contributed by atoms with E-state index >= 15 is 0 Å². The summed E-state index contributed by atoms with van der Waals surface area (Å²) in [4.78, 5) is 53.9. The van der Waals surface area contributed by atoms with Gasteiger partial charge in [-0.1, -0.05) is 13.8 Å². The van der Waals surface area contributed by atoms with E-state index in [1.807, 2.05) is 13.8 Å². The molecule has 1 aromatic rings. The number of primary amides is 1. The van der Waals surface area contributed by atoms with Gasteiger partial charge in [-0.15, -0.1) is 0 Å². The van der Waals surface area contributed by atoms with E-state index in [2.05, 4.69) is 4.98 Å². The number of nitrogens with two attached hydrogens (primary N) is 1. The van der Waals surface area contributed by atoms with Crippen LogP contribution in [0.25, 0.3) is 0 Å². The first-order valence-corrected chi connectivity index (χ1v) is 8.28. The molecule has 2 rings (SSSR count). The molecule has 8 nitrogen and oxygen atoms in total. The number of hydrogen-bond acceptors (Lipinski definition) is 4. The summed E-state index contributed by atoms with van der Waals surface area (Å²) in [5, 5.41) is 0. The maximum Gasteiger partial charge on any atom is 0.261 e. The molecule has 1 aliphatic heterocycles. The summed E-state index contributed by atoms with van der Waals surface area (Å²) in [6.07, 6.45) is 0. The number of amides is 3. The molecule has 3 amide bonds. The van der Waals surface area contributed by atoms with Gasteiger partial charge in [0.05, 0.1) is 5.92 Å². The van der Waals surface area contributed by atoms with Gasteiger partial charge in [0.1, 0.15) is 5.56 Å². The van der Waals surface area contributed by atoms with Crippen LogP contribution in [-0.4, -0.2) is 58.7 Å². The van der Waals surface area contributed by atoms with Crippen LogP contribution in [0.4, 0.5) is 0 Å². The van der Waals surface area contributed by atoms with Gasteiger partial charge >= 0.3 is 0 Å². The predicted octanol–water partition coefficient (Wildman–Crippen LogP) is -0.0959. The number of hydrogen-bond donors (Lipinski definition) is 2. The van der Waals surface area contributed by atoms with Crippen molar-refractivity contribution in [2.75, 3.05) is 26.2 Å². The molecule has 1 aliphatic rings. The molecule has 0 radical (unpaired) electrons. The van der Waals surface area contributed by atoms with E-state index in [-0.39, 0.29) is 37.0 Å². The van der Waals surface area contributed by atoms with Crippen LogP contribution in [0, 0.1) is 5.92 Å². The van der Waals surface area contributed by atoms with Crippen molar-refractivity contribution in [1.29, 1.82) is 0 Å². The first-order chi connectivity index (χ1) is 11.7. The van der Waals surface area contributed by atoms with Gasteiger partial charge in [0, 0.05) is 38.8 Å². The average molecular weight is 348 g/mol. The molecular weight excluding hydrogens is 324 g/mol. The molecule has 8 heteroatoms. The van der Waals surface area contributed by atoms with E-state index in [1.54, 1.807) is 6.07 Å². The number of H-pyrrole nitrogens is 1. The van der Waals surface area contributed by atoms with Crippen molar-refractivity contribution in [2.45, 2.75) is 26.7 Å². The molecule has 136 valence electrons. The Balaban J connectivity index is 2.27. The van der Waals surface area contributed by atoms with Crippen LogP contribution in [0.5, 0.6) is 0 Å². The van der Waals surface area contributed by atoms with E-state index in [0.717, 1.165) is 5.69 Å². The third kappa shape index (κ3) is 4.26. The monoisotopic (exact) mass is 348 g/mol. The molecule has 0 aromatic carbocycles. The number of pyridine rings is 1. The SMILES string of the molecule is CC(=O)N1CCN(C(=O)c2ccc(C(C)C)[nH]c2=O)C[C@@H](C(N)=O)C1. The van der Waals surface area contributed by atoms with E-state index in [1.165, 1.54) is 22.8 Å². The summed E-state index contributed by atoms with van der Waals surface area (Å²) < 4.78 is 0. The van der Waals surface area contributed by atoms with Gasteiger partial charge in [-0.05, 0) is 18.1 Å². The zero-order chi connectivity index (χ0) is 18.7. The van der Waals surface area contributed by atoms with E-state index in [9.17, 15) is 19.2 Å². The number of aromatic nitrogens is 1. The molecule has 1 fully saturated rings. The third-order valence-electron chi connectivity index (χ3n) is 4.44. The van der Waals surface area contributed by atoms with Crippen molar-refractivity contribution in [3.63, 3.8) is 0 Å². The third-order valence-corrected chi connectivity index (χ3v) is 4.44. The van der Waals surface area contributed by atoms with E-state index in [4.69, 9.17) is 5.73 Å². The topological polar surface area (TPSA) is 117 Å². The lowest BCUT2D eigenvalue weighted by Gasteiger charge is -2.22. The molecule has 1 aromatic heterocycles. The summed E-state index contributed by atoms with van der Waals surface area (Å²) >= 11 is 0. The Morgan fingerprint density at radius 2 is 1.76 bits per heavy atom. The van der Waals surface area contributed by atoms with Gasteiger partial charge in [-0.3, -0.25) is 19.2 Å². The number of rotatable bonds is 3. The fourth-order valence-corrected chi connectivity index (χ4v) is 2.83. The van der Waals surface area contributed by atoms with E-state index in [0.29, 0.717) is 6.54 Å². The minimum Gasteiger partial charge on any atom is -0.369 e. The van der Waals surface area contributed by atoms with Crippen molar-refractivity contribution in [3.8, 4) is 0 Å². The lowest BCUT2D eigenvalue weighted by Crippen LogP contribution is -2.42. The zero-order valence-electron chi connectivity index (χ0n) is 14.7. The Hall–Kier alpha value is -2.64. The first-order valence-electron chi connectivity index (χ1n) is 8.28. The Morgan fingerprint density at radius 3 is 2.28 bits per heavy atom. The molecule has 25 heavy (non-hydrogen) atoms. The molecular formula is C17H24N4O4. The van der Waals surface area contributed by atoms with Crippen LogP contribution in [-0.2, 0) is 9.59 Å². The predicted molar refractivity (Wildman–Crippen MR) is 92.0 cm³/mol. The Bertz CT molecular complexity index is 740. The summed E-state index contributed by atoms with van der Waals surface area (Å²) in [7, 11) is 0. The van der Waals surface area contributed by atoms with Crippen LogP contribution >= 0.6 is 0 Å². The highest BCUT2D eigenvalue weighted by Crippen LogP contribution is 2.14. The van der Waals surface area contributed by atoms with Crippen LogP contribution < -0.4 is 11.3 Å². The molecule has 2 heterocycles. The minimum atomic E-state index is -0.663. The average Bonchev–Trinajstić information content (AvgIpc) is 2.77. The number of aromatic amines is 1. The second-order valence-electron chi connectivity index (χ2n) is 6.63. The molecule has 1 saturated heterocycles. The van der Waals surface area contributed by atoms with Gasteiger partial charge in [-0.25, -0.2) is 0 Å². The molecule has 0 spiro atoms. The number of nitrogens with zero attached hydrogens (tertiary/aromatic N) is 2. The fourth-order valence-electron chi connectivity index (χ4n) is 2.83. The lowest BCUT2D eigenvalue weighted by atomic mass is 10.1. The standard InChI is InChI=1S/C17H24N4O4/c1-10(2)14-5-4-13(16(24)19-14)17(25)21-7-6-20(11(3)22)8-12(9-21)15(18)23/h4-5,10,12H,6-9H2,1-3H3,(H2,18,23)(H,19,24)/t12-/m0/s1. The maximum absolute atomic E-state index is 12.7. The summed E-state index contributed by atoms with van der Waals surface area (Å²) in [5.41, 5.74) is 5.70. The number of nitrogens with one attached hydrogen (secondary N) is 1. The van der Waals surface area contributed by atoms with Gasteiger partial charge < -0.3 is 20.5 Å². The second kappa shape index (κ2) is 7.50. The Morgan fingerprint density at radius 1 is 1.16 bits per heavy atom. The number of carbonyl (C=O) groups is 3. The Kier molecular flexibility index (Phi) is 5.61. The van der Waals surface area contributed by atoms with Crippen molar-refractivity contribution in [3.05, 3.63) is 33.7 Å². The van der Waals surface area contributed by atoms with Crippen LogP contribution in [0.1, 0.15) is 42.7 Å². The van der Waals surface area contributed by atoms with Crippen molar-refractivity contribution in [1.82, 2.24) is 14.8 Å². The zero-order valence-corrected chi connectivity index (χ0v) is 14.7. The normalized spacial score (nSPS) is 18.2. The second-order valence-corrected chi connectivity index (χ2v) is 6.63. The summed E-state index contributed by atoms with van der Waals surface area (Å²) in [6, 6.07) is 3.22. The van der Waals surface area contributed by atoms with Crippen molar-refractivity contribution in [2.24, 2.45) is 11.7 Å². The van der Waals surface area contributed by atoms with Gasteiger partial charge in [0.2, 0.25) is 11.8 Å². The Labute approximate surface area is 146 Å². The number of carbonyl (C=O) groups excluding carboxylic acids is 3. The summed E-state index contributed by atoms with van der Waals surface area (Å²) in [5.74, 6) is -1.74. The van der Waals surface area contributed by atoms with Crippen LogP contribution in [0.3, 0.4) is 0 Å².